The molecule has 1 N–H and O–H groups in total. The second-order valence-corrected chi connectivity index (χ2v) is 6.07. The molecule has 2 aromatic carbocycles. The molecule has 0 bridgehead atoms. The van der Waals surface area contributed by atoms with E-state index in [2.05, 4.69) is 5.32 Å². The molecule has 0 aromatic heterocycles. The number of nitrogens with zero attached hydrogens (tertiary/aromatic N) is 1. The second-order valence-electron chi connectivity index (χ2n) is 6.07. The molecule has 1 aliphatic rings. The molecule has 1 atom stereocenters. The molecule has 0 saturated carbocycles. The highest BCUT2D eigenvalue weighted by Crippen LogP contribution is 2.26. The summed E-state index contributed by atoms with van der Waals surface area (Å²) in [6, 6.07) is 13.2. The number of benzene rings is 2. The van der Waals surface area contributed by atoms with Crippen molar-refractivity contribution in [1.82, 2.24) is 5.32 Å². The van der Waals surface area contributed by atoms with Crippen molar-refractivity contribution < 1.29 is 18.7 Å². The van der Waals surface area contributed by atoms with Crippen LogP contribution >= 0.6 is 0 Å². The average Bonchev–Trinajstić information content (AvgIpc) is 3.03. The zero-order valence-corrected chi connectivity index (χ0v) is 14.6. The summed E-state index contributed by atoms with van der Waals surface area (Å²) in [4.78, 5) is 26.6. The van der Waals surface area contributed by atoms with Crippen LogP contribution in [-0.4, -0.2) is 25.0 Å². The van der Waals surface area contributed by atoms with Gasteiger partial charge in [-0.3, -0.25) is 9.59 Å². The van der Waals surface area contributed by atoms with E-state index in [-0.39, 0.29) is 17.6 Å². The first kappa shape index (κ1) is 17.9. The number of nitrogens with one attached hydrogen (secondary N) is 1. The molecule has 6 heteroatoms. The Morgan fingerprint density at radius 3 is 2.69 bits per heavy atom. The van der Waals surface area contributed by atoms with Crippen LogP contribution in [0.15, 0.2) is 48.5 Å². The molecule has 0 aliphatic carbocycles. The molecular weight excluding hydrogens is 335 g/mol. The van der Waals surface area contributed by atoms with Crippen LogP contribution in [0.3, 0.4) is 0 Å². The zero-order valence-electron chi connectivity index (χ0n) is 14.6. The number of halogens is 1. The van der Waals surface area contributed by atoms with E-state index in [1.165, 1.54) is 17.0 Å². The largest absolute Gasteiger partial charge is 0.494 e. The van der Waals surface area contributed by atoms with E-state index in [0.717, 1.165) is 11.3 Å². The van der Waals surface area contributed by atoms with Crippen LogP contribution in [0.4, 0.5) is 10.1 Å². The van der Waals surface area contributed by atoms with Gasteiger partial charge in [0.15, 0.2) is 0 Å². The lowest BCUT2D eigenvalue weighted by atomic mass is 10.1. The summed E-state index contributed by atoms with van der Waals surface area (Å²) in [7, 11) is 0. The lowest BCUT2D eigenvalue weighted by Gasteiger charge is -2.17. The van der Waals surface area contributed by atoms with Gasteiger partial charge in [-0.05, 0) is 43.7 Å². The van der Waals surface area contributed by atoms with Crippen LogP contribution in [0.2, 0.25) is 0 Å². The fraction of sp³-hybridized carbons (Fsp3) is 0.300. The van der Waals surface area contributed by atoms with Gasteiger partial charge in [0.1, 0.15) is 17.5 Å². The molecule has 2 aromatic rings. The molecule has 26 heavy (non-hydrogen) atoms. The van der Waals surface area contributed by atoms with Crippen molar-refractivity contribution in [3.8, 4) is 5.75 Å². The van der Waals surface area contributed by atoms with Crippen LogP contribution in [-0.2, 0) is 16.1 Å². The van der Waals surface area contributed by atoms with E-state index in [4.69, 9.17) is 4.74 Å². The predicted molar refractivity (Wildman–Crippen MR) is 96.3 cm³/mol. The first-order valence-electron chi connectivity index (χ1n) is 8.65. The van der Waals surface area contributed by atoms with E-state index in [9.17, 15) is 14.0 Å². The van der Waals surface area contributed by atoms with Gasteiger partial charge in [-0.2, -0.15) is 0 Å². The summed E-state index contributed by atoms with van der Waals surface area (Å²) >= 11 is 0. The first-order chi connectivity index (χ1) is 12.6. The van der Waals surface area contributed by atoms with Crippen molar-refractivity contribution in [2.45, 2.75) is 19.9 Å². The number of hydrogen-bond acceptors (Lipinski definition) is 3. The lowest BCUT2D eigenvalue weighted by molar-refractivity contribution is -0.132. The van der Waals surface area contributed by atoms with E-state index in [0.29, 0.717) is 31.8 Å². The fourth-order valence-corrected chi connectivity index (χ4v) is 3.05. The van der Waals surface area contributed by atoms with Gasteiger partial charge in [0.05, 0.1) is 6.61 Å². The number of ether oxygens (including phenoxy) is 1. The summed E-state index contributed by atoms with van der Waals surface area (Å²) in [6.07, 6.45) is 0.440. The molecule has 5 nitrogen and oxygen atoms in total. The van der Waals surface area contributed by atoms with Crippen molar-refractivity contribution in [1.29, 1.82) is 0 Å². The molecule has 136 valence electrons. The molecular formula is C20H21FN2O3. The first-order valence-corrected chi connectivity index (χ1v) is 8.65. The lowest BCUT2D eigenvalue weighted by Crippen LogP contribution is -2.36. The number of carbonyl (C=O) groups is 2. The Balaban J connectivity index is 1.62. The maximum Gasteiger partial charge on any atom is 0.239 e. The number of anilines is 1. The highest BCUT2D eigenvalue weighted by molar-refractivity contribution is 6.09. The Hall–Kier alpha value is -2.89. The van der Waals surface area contributed by atoms with Crippen LogP contribution in [0.25, 0.3) is 0 Å². The van der Waals surface area contributed by atoms with Gasteiger partial charge < -0.3 is 15.0 Å². The minimum atomic E-state index is -0.723. The molecule has 1 aliphatic heterocycles. The summed E-state index contributed by atoms with van der Waals surface area (Å²) in [5, 5.41) is 2.82. The molecule has 2 amide bonds. The Bertz CT molecular complexity index is 792. The molecule has 1 saturated heterocycles. The molecule has 3 rings (SSSR count). The highest BCUT2D eigenvalue weighted by atomic mass is 19.1. The Morgan fingerprint density at radius 2 is 1.96 bits per heavy atom. The van der Waals surface area contributed by atoms with Gasteiger partial charge in [-0.25, -0.2) is 4.39 Å². The van der Waals surface area contributed by atoms with Gasteiger partial charge in [0.25, 0.3) is 0 Å². The average molecular weight is 356 g/mol. The third-order valence-electron chi connectivity index (χ3n) is 4.39. The minimum Gasteiger partial charge on any atom is -0.494 e. The normalized spacial score (nSPS) is 16.6. The van der Waals surface area contributed by atoms with Gasteiger partial charge >= 0.3 is 0 Å². The monoisotopic (exact) mass is 356 g/mol. The molecule has 1 fully saturated rings. The van der Waals surface area contributed by atoms with Gasteiger partial charge in [-0.15, -0.1) is 0 Å². The van der Waals surface area contributed by atoms with Crippen LogP contribution in [0.5, 0.6) is 5.75 Å². The quantitative estimate of drug-likeness (QED) is 0.810. The van der Waals surface area contributed by atoms with Crippen molar-refractivity contribution in [3.05, 3.63) is 59.9 Å². The maximum absolute atomic E-state index is 13.0. The minimum absolute atomic E-state index is 0.257. The fourth-order valence-electron chi connectivity index (χ4n) is 3.05. The summed E-state index contributed by atoms with van der Waals surface area (Å²) in [5.74, 6) is -0.916. The Kier molecular flexibility index (Phi) is 5.51. The number of para-hydroxylation sites is 1. The number of carbonyl (C=O) groups excluding carboxylic acids is 2. The van der Waals surface area contributed by atoms with Crippen LogP contribution in [0.1, 0.15) is 18.9 Å². The van der Waals surface area contributed by atoms with Crippen LogP contribution in [0, 0.1) is 11.7 Å². The molecule has 1 unspecified atom stereocenters. The third kappa shape index (κ3) is 3.85. The zero-order chi connectivity index (χ0) is 18.5. The van der Waals surface area contributed by atoms with Crippen LogP contribution < -0.4 is 15.0 Å². The topological polar surface area (TPSA) is 58.6 Å². The van der Waals surface area contributed by atoms with Gasteiger partial charge in [0.2, 0.25) is 11.8 Å². The highest BCUT2D eigenvalue weighted by Gasteiger charge is 2.37. The maximum atomic E-state index is 13.0. The summed E-state index contributed by atoms with van der Waals surface area (Å²) < 4.78 is 18.6. The number of amides is 2. The van der Waals surface area contributed by atoms with Gasteiger partial charge in [-0.1, -0.05) is 18.2 Å². The smallest absolute Gasteiger partial charge is 0.239 e. The molecule has 0 spiro atoms. The predicted octanol–water partition coefficient (Wildman–Crippen LogP) is 2.89. The Labute approximate surface area is 151 Å². The van der Waals surface area contributed by atoms with E-state index in [1.807, 2.05) is 31.2 Å². The second kappa shape index (κ2) is 7.99. The van der Waals surface area contributed by atoms with Crippen molar-refractivity contribution in [2.24, 2.45) is 5.92 Å². The third-order valence-corrected chi connectivity index (χ3v) is 4.39. The molecule has 0 radical (unpaired) electrons. The van der Waals surface area contributed by atoms with Crippen molar-refractivity contribution in [2.75, 3.05) is 18.1 Å². The van der Waals surface area contributed by atoms with Gasteiger partial charge in [0, 0.05) is 24.3 Å². The van der Waals surface area contributed by atoms with E-state index >= 15 is 0 Å². The summed E-state index contributed by atoms with van der Waals surface area (Å²) in [6.45, 7) is 3.18. The Morgan fingerprint density at radius 1 is 1.23 bits per heavy atom. The summed E-state index contributed by atoms with van der Waals surface area (Å²) in [5.41, 5.74) is 1.47. The van der Waals surface area contributed by atoms with E-state index in [1.54, 1.807) is 12.1 Å². The number of hydrogen-bond donors (Lipinski definition) is 1. The standard InChI is InChI=1S/C20H21FN2O3/c1-2-26-18-6-4-3-5-14(18)13-22-19(24)17-11-12-23(20(17)25)16-9-7-15(21)8-10-16/h3-10,17H,2,11-13H2,1H3,(H,22,24). The molecule has 1 heterocycles. The SMILES string of the molecule is CCOc1ccccc1CNC(=O)C1CCN(c2ccc(F)cc2)C1=O. The number of rotatable bonds is 6. The van der Waals surface area contributed by atoms with Crippen molar-refractivity contribution >= 4 is 17.5 Å². The van der Waals surface area contributed by atoms with Crippen molar-refractivity contribution in [3.63, 3.8) is 0 Å². The van der Waals surface area contributed by atoms with E-state index < -0.39 is 5.92 Å².